The van der Waals surface area contributed by atoms with Crippen molar-refractivity contribution in [3.63, 3.8) is 0 Å². The van der Waals surface area contributed by atoms with E-state index in [1.807, 2.05) is 0 Å². The average Bonchev–Trinajstić information content (AvgIpc) is 2.59. The highest BCUT2D eigenvalue weighted by atomic mass is 16.3. The third kappa shape index (κ3) is 2.36. The van der Waals surface area contributed by atoms with Crippen molar-refractivity contribution in [2.45, 2.75) is 0 Å². The Morgan fingerprint density at radius 1 is 1.31 bits per heavy atom. The van der Waals surface area contributed by atoms with Gasteiger partial charge in [0.2, 0.25) is 0 Å². The molecule has 2 rings (SSSR count). The van der Waals surface area contributed by atoms with E-state index in [4.69, 9.17) is 0 Å². The van der Waals surface area contributed by atoms with E-state index in [0.717, 1.165) is 5.70 Å². The zero-order valence-electron chi connectivity index (χ0n) is 8.42. The molecular weight excluding hydrogens is 204 g/mol. The lowest BCUT2D eigenvalue weighted by molar-refractivity contribution is 0.429. The van der Waals surface area contributed by atoms with E-state index >= 15 is 0 Å². The Hall–Kier alpha value is -2.36. The molecule has 16 heavy (non-hydrogen) atoms. The molecule has 0 aliphatic carbocycles. The lowest BCUT2D eigenvalue weighted by Crippen LogP contribution is -2.05. The van der Waals surface area contributed by atoms with E-state index in [1.165, 1.54) is 18.5 Å². The minimum absolute atomic E-state index is 0.135. The highest BCUT2D eigenvalue weighted by molar-refractivity contribution is 5.64. The standard InChI is InChI=1S/C12H10N2O2/c15-9-3-1-5-11(13-7-9)12-6-2-4-10(16)8-14-12/h1-8,13,15H. The maximum atomic E-state index is 11.1. The van der Waals surface area contributed by atoms with Gasteiger partial charge in [0.05, 0.1) is 17.6 Å². The lowest BCUT2D eigenvalue weighted by Gasteiger charge is -2.02. The van der Waals surface area contributed by atoms with Gasteiger partial charge in [0.1, 0.15) is 5.76 Å². The van der Waals surface area contributed by atoms with Crippen molar-refractivity contribution in [1.29, 1.82) is 0 Å². The first kappa shape index (κ1) is 10.2. The molecule has 1 aromatic heterocycles. The van der Waals surface area contributed by atoms with Crippen LogP contribution in [0.25, 0.3) is 5.70 Å². The summed E-state index contributed by atoms with van der Waals surface area (Å²) in [5.74, 6) is 0.135. The second kappa shape index (κ2) is 4.44. The van der Waals surface area contributed by atoms with Crippen molar-refractivity contribution in [1.82, 2.24) is 10.3 Å². The molecule has 0 saturated carbocycles. The fourth-order valence-electron chi connectivity index (χ4n) is 1.26. The molecule has 0 atom stereocenters. The summed E-state index contributed by atoms with van der Waals surface area (Å²) in [6.07, 6.45) is 7.75. The minimum Gasteiger partial charge on any atom is -0.506 e. The van der Waals surface area contributed by atoms with Gasteiger partial charge in [-0.25, -0.2) is 0 Å². The summed E-state index contributed by atoms with van der Waals surface area (Å²) in [5.41, 5.74) is 1.21. The second-order valence-corrected chi connectivity index (χ2v) is 3.22. The Labute approximate surface area is 92.3 Å². The first-order chi connectivity index (χ1) is 7.75. The van der Waals surface area contributed by atoms with Crippen molar-refractivity contribution in [2.75, 3.05) is 0 Å². The smallest absolute Gasteiger partial charge is 0.196 e. The molecular formula is C12H10N2O2. The Bertz CT molecular complexity index is 542. The largest absolute Gasteiger partial charge is 0.506 e. The van der Waals surface area contributed by atoms with Crippen LogP contribution >= 0.6 is 0 Å². The van der Waals surface area contributed by atoms with Gasteiger partial charge in [-0.15, -0.1) is 0 Å². The predicted molar refractivity (Wildman–Crippen MR) is 61.5 cm³/mol. The number of nitrogens with zero attached hydrogens (tertiary/aromatic N) is 1. The highest BCUT2D eigenvalue weighted by Crippen LogP contribution is 2.09. The maximum absolute atomic E-state index is 11.1. The van der Waals surface area contributed by atoms with Gasteiger partial charge in [-0.3, -0.25) is 9.78 Å². The summed E-state index contributed by atoms with van der Waals surface area (Å²) >= 11 is 0. The van der Waals surface area contributed by atoms with E-state index < -0.39 is 0 Å². The molecule has 1 aliphatic heterocycles. The number of allylic oxidation sites excluding steroid dienone is 3. The Morgan fingerprint density at radius 2 is 2.19 bits per heavy atom. The molecule has 4 heteroatoms. The number of aromatic nitrogens is 1. The fourth-order valence-corrected chi connectivity index (χ4v) is 1.26. The quantitative estimate of drug-likeness (QED) is 0.740. The first-order valence-corrected chi connectivity index (χ1v) is 4.76. The van der Waals surface area contributed by atoms with Crippen molar-refractivity contribution >= 4 is 5.70 Å². The first-order valence-electron chi connectivity index (χ1n) is 4.76. The van der Waals surface area contributed by atoms with Crippen molar-refractivity contribution in [2.24, 2.45) is 0 Å². The topological polar surface area (TPSA) is 62.2 Å². The number of aliphatic hydroxyl groups is 1. The van der Waals surface area contributed by atoms with Crippen LogP contribution in [-0.4, -0.2) is 10.1 Å². The van der Waals surface area contributed by atoms with Crippen LogP contribution in [0.4, 0.5) is 0 Å². The maximum Gasteiger partial charge on any atom is 0.196 e. The average molecular weight is 214 g/mol. The molecule has 0 fully saturated rings. The monoisotopic (exact) mass is 214 g/mol. The van der Waals surface area contributed by atoms with Crippen LogP contribution < -0.4 is 10.7 Å². The van der Waals surface area contributed by atoms with Crippen LogP contribution in [-0.2, 0) is 0 Å². The van der Waals surface area contributed by atoms with Gasteiger partial charge in [0.15, 0.2) is 5.43 Å². The molecule has 0 saturated heterocycles. The summed E-state index contributed by atoms with van der Waals surface area (Å²) in [6.45, 7) is 0. The molecule has 0 unspecified atom stereocenters. The van der Waals surface area contributed by atoms with E-state index in [1.54, 1.807) is 30.4 Å². The Morgan fingerprint density at radius 3 is 3.06 bits per heavy atom. The molecule has 0 bridgehead atoms. The molecule has 2 N–H and O–H groups in total. The molecule has 1 aromatic rings. The van der Waals surface area contributed by atoms with E-state index in [9.17, 15) is 9.90 Å². The summed E-state index contributed by atoms with van der Waals surface area (Å²) in [5, 5.41) is 12.2. The second-order valence-electron chi connectivity index (χ2n) is 3.22. The van der Waals surface area contributed by atoms with Crippen LogP contribution in [0, 0.1) is 0 Å². The normalized spacial score (nSPS) is 14.5. The van der Waals surface area contributed by atoms with Crippen LogP contribution in [0.2, 0.25) is 0 Å². The number of hydrogen-bond acceptors (Lipinski definition) is 4. The minimum atomic E-state index is -0.144. The SMILES string of the molecule is O=c1cccc(C2=CC=CC(O)=CN2)nc1. The third-order valence-electron chi connectivity index (χ3n) is 2.03. The van der Waals surface area contributed by atoms with Gasteiger partial charge in [-0.2, -0.15) is 0 Å². The summed E-state index contributed by atoms with van der Waals surface area (Å²) < 4.78 is 0. The molecule has 0 radical (unpaired) electrons. The highest BCUT2D eigenvalue weighted by Gasteiger charge is 2.01. The molecule has 0 amide bonds. The van der Waals surface area contributed by atoms with Crippen molar-refractivity contribution < 1.29 is 5.11 Å². The van der Waals surface area contributed by atoms with Crippen LogP contribution in [0.3, 0.4) is 0 Å². The Balaban J connectivity index is 2.39. The molecule has 2 heterocycles. The van der Waals surface area contributed by atoms with Gasteiger partial charge in [-0.05, 0) is 24.3 Å². The molecule has 0 spiro atoms. The van der Waals surface area contributed by atoms with Crippen molar-refractivity contribution in [3.8, 4) is 0 Å². The lowest BCUT2D eigenvalue weighted by atomic mass is 10.3. The molecule has 80 valence electrons. The van der Waals surface area contributed by atoms with Crippen LogP contribution in [0.15, 0.2) is 59.4 Å². The van der Waals surface area contributed by atoms with Gasteiger partial charge in [0.25, 0.3) is 0 Å². The van der Waals surface area contributed by atoms with Gasteiger partial charge < -0.3 is 10.4 Å². The third-order valence-corrected chi connectivity index (χ3v) is 2.03. The Kier molecular flexibility index (Phi) is 2.82. The van der Waals surface area contributed by atoms with E-state index in [-0.39, 0.29) is 11.2 Å². The number of aliphatic hydroxyl groups excluding tert-OH is 1. The number of nitrogens with one attached hydrogen (secondary N) is 1. The fraction of sp³-hybridized carbons (Fsp3) is 0. The van der Waals surface area contributed by atoms with Gasteiger partial charge in [-0.1, -0.05) is 12.1 Å². The molecule has 0 aromatic carbocycles. The molecule has 4 nitrogen and oxygen atoms in total. The molecule has 1 aliphatic rings. The number of hydrogen-bond donors (Lipinski definition) is 2. The predicted octanol–water partition coefficient (Wildman–Crippen LogP) is 1.34. The van der Waals surface area contributed by atoms with E-state index in [0.29, 0.717) is 5.69 Å². The zero-order chi connectivity index (χ0) is 11.4. The van der Waals surface area contributed by atoms with Gasteiger partial charge in [0, 0.05) is 6.20 Å². The van der Waals surface area contributed by atoms with Crippen molar-refractivity contribution in [3.05, 3.63) is 70.5 Å². The summed E-state index contributed by atoms with van der Waals surface area (Å²) in [6, 6.07) is 4.81. The number of rotatable bonds is 1. The summed E-state index contributed by atoms with van der Waals surface area (Å²) in [7, 11) is 0. The van der Waals surface area contributed by atoms with E-state index in [2.05, 4.69) is 10.3 Å². The summed E-state index contributed by atoms with van der Waals surface area (Å²) in [4.78, 5) is 15.1. The van der Waals surface area contributed by atoms with Crippen LogP contribution in [0.1, 0.15) is 5.69 Å². The van der Waals surface area contributed by atoms with Crippen LogP contribution in [0.5, 0.6) is 0 Å². The zero-order valence-corrected chi connectivity index (χ0v) is 8.42. The van der Waals surface area contributed by atoms with Gasteiger partial charge >= 0.3 is 0 Å².